The van der Waals surface area contributed by atoms with Crippen molar-refractivity contribution in [2.24, 2.45) is 0 Å². The number of carbonyl (C=O) groups excluding carboxylic acids is 2. The number of hydrogen-bond donors (Lipinski definition) is 0. The highest BCUT2D eigenvalue weighted by Gasteiger charge is 2.22. The van der Waals surface area contributed by atoms with E-state index in [4.69, 9.17) is 18.5 Å². The molecule has 0 radical (unpaired) electrons. The van der Waals surface area contributed by atoms with Crippen molar-refractivity contribution in [1.29, 1.82) is 0 Å². The van der Waals surface area contributed by atoms with Crippen molar-refractivity contribution >= 4 is 19.8 Å². The van der Waals surface area contributed by atoms with E-state index in [1.54, 1.807) is 0 Å². The molecular weight excluding hydrogens is 1210 g/mol. The second kappa shape index (κ2) is 77.9. The van der Waals surface area contributed by atoms with E-state index in [-0.39, 0.29) is 32.0 Å². The van der Waals surface area contributed by atoms with Crippen LogP contribution in [0.2, 0.25) is 0 Å². The Balaban J connectivity index is 3.84. The molecule has 0 amide bonds. The molecule has 2 atom stereocenters. The van der Waals surface area contributed by atoms with Crippen LogP contribution in [0.1, 0.15) is 476 Å². The summed E-state index contributed by atoms with van der Waals surface area (Å²) in [6.07, 6.45) is 99.5. The van der Waals surface area contributed by atoms with Crippen molar-refractivity contribution in [2.75, 3.05) is 47.5 Å². The molecule has 0 bridgehead atoms. The van der Waals surface area contributed by atoms with Gasteiger partial charge in [0.05, 0.1) is 27.7 Å². The summed E-state index contributed by atoms with van der Waals surface area (Å²) < 4.78 is 34.5. The van der Waals surface area contributed by atoms with Gasteiger partial charge in [0.15, 0.2) is 6.10 Å². The minimum atomic E-state index is -4.64. The number of ether oxygens (including phenoxy) is 2. The topological polar surface area (TPSA) is 111 Å². The van der Waals surface area contributed by atoms with Gasteiger partial charge in [0, 0.05) is 12.8 Å². The number of nitrogens with zero attached hydrogens (tertiary/aromatic N) is 1. The van der Waals surface area contributed by atoms with E-state index in [1.807, 2.05) is 21.1 Å². The molecule has 96 heavy (non-hydrogen) atoms. The molecule has 0 rings (SSSR count). The number of allylic oxidation sites excluding steroid dienone is 2. The zero-order valence-electron chi connectivity index (χ0n) is 65.6. The molecule has 0 aromatic rings. The second-order valence-electron chi connectivity index (χ2n) is 31.3. The Labute approximate surface area is 600 Å². The first-order chi connectivity index (χ1) is 47.0. The SMILES string of the molecule is CCCCCCCCCC/C=C\CCCCCCCCCCCCCCCCCCCCCCCC(=O)OC(COC(=O)CCCCCCCCCCCCCCCCCCCCCCCCCCCCCCCCCCCCCCCCC)COP(=O)([O-])OCC[N+](C)(C)C. The Hall–Kier alpha value is -1.25. The summed E-state index contributed by atoms with van der Waals surface area (Å²) in [5.41, 5.74) is 0. The fourth-order valence-electron chi connectivity index (χ4n) is 13.7. The van der Waals surface area contributed by atoms with Crippen molar-refractivity contribution < 1.29 is 42.1 Å². The van der Waals surface area contributed by atoms with Crippen LogP contribution in [0.15, 0.2) is 12.2 Å². The van der Waals surface area contributed by atoms with Gasteiger partial charge < -0.3 is 27.9 Å². The fraction of sp³-hybridized carbons (Fsp3) is 0.953. The minimum absolute atomic E-state index is 0.0255. The van der Waals surface area contributed by atoms with Crippen LogP contribution in [-0.2, 0) is 32.7 Å². The monoisotopic (exact) mass is 1380 g/mol. The van der Waals surface area contributed by atoms with Crippen molar-refractivity contribution in [3.05, 3.63) is 12.2 Å². The molecule has 2 unspecified atom stereocenters. The lowest BCUT2D eigenvalue weighted by atomic mass is 10.0. The van der Waals surface area contributed by atoms with E-state index < -0.39 is 26.5 Å². The van der Waals surface area contributed by atoms with Crippen LogP contribution in [0.4, 0.5) is 0 Å². The molecular formula is C86H170NO8P. The molecule has 0 aliphatic carbocycles. The van der Waals surface area contributed by atoms with Gasteiger partial charge in [-0.2, -0.15) is 0 Å². The first kappa shape index (κ1) is 94.8. The molecule has 0 saturated carbocycles. The number of hydrogen-bond acceptors (Lipinski definition) is 8. The number of phosphoric ester groups is 1. The Morgan fingerprint density at radius 1 is 0.312 bits per heavy atom. The number of quaternary nitrogens is 1. The number of esters is 2. The quantitative estimate of drug-likeness (QED) is 0.0195. The maximum Gasteiger partial charge on any atom is 0.306 e. The second-order valence-corrected chi connectivity index (χ2v) is 32.7. The average molecular weight is 1380 g/mol. The standard InChI is InChI=1S/C86H170NO8P/c1-6-8-10-12-14-16-18-20-22-24-26-28-30-32-34-36-38-40-41-42-43-44-45-47-48-50-52-54-56-58-60-62-64-66-68-70-72-74-76-78-85(88)92-82-84(83-94-96(90,91)93-81-80-87(3,4)5)95-86(89)79-77-75-73-71-69-67-65-63-61-59-57-55-53-51-49-46-39-37-35-33-31-29-27-25-23-21-19-17-15-13-11-9-7-2/h25,27,84H,6-24,26,28-83H2,1-5H3/b27-25-. The highest BCUT2D eigenvalue weighted by molar-refractivity contribution is 7.45. The van der Waals surface area contributed by atoms with E-state index in [0.29, 0.717) is 17.4 Å². The Morgan fingerprint density at radius 3 is 0.771 bits per heavy atom. The summed E-state index contributed by atoms with van der Waals surface area (Å²) in [6, 6.07) is 0. The van der Waals surface area contributed by atoms with Crippen LogP contribution in [0.3, 0.4) is 0 Å². The van der Waals surface area contributed by atoms with Crippen molar-refractivity contribution in [2.45, 2.75) is 482 Å². The zero-order valence-corrected chi connectivity index (χ0v) is 66.5. The normalized spacial score (nSPS) is 12.9. The average Bonchev–Trinajstić information content (AvgIpc) is 1.48. The van der Waals surface area contributed by atoms with Gasteiger partial charge in [0.2, 0.25) is 0 Å². The van der Waals surface area contributed by atoms with Gasteiger partial charge in [-0.15, -0.1) is 0 Å². The van der Waals surface area contributed by atoms with Crippen LogP contribution in [-0.4, -0.2) is 70.0 Å². The van der Waals surface area contributed by atoms with E-state index in [9.17, 15) is 19.0 Å². The van der Waals surface area contributed by atoms with Gasteiger partial charge in [-0.25, -0.2) is 0 Å². The predicted molar refractivity (Wildman–Crippen MR) is 416 cm³/mol. The van der Waals surface area contributed by atoms with Gasteiger partial charge >= 0.3 is 11.9 Å². The molecule has 10 heteroatoms. The Kier molecular flexibility index (Phi) is 76.9. The number of likely N-dealkylation sites (N-methyl/N-ethyl adjacent to an activating group) is 1. The molecule has 0 fully saturated rings. The molecule has 0 N–H and O–H groups in total. The van der Waals surface area contributed by atoms with E-state index in [1.165, 1.54) is 411 Å². The molecule has 0 aliphatic rings. The molecule has 0 aliphatic heterocycles. The number of unbranched alkanes of at least 4 members (excludes halogenated alkanes) is 67. The number of rotatable bonds is 83. The summed E-state index contributed by atoms with van der Waals surface area (Å²) >= 11 is 0. The van der Waals surface area contributed by atoms with Gasteiger partial charge in [-0.1, -0.05) is 437 Å². The van der Waals surface area contributed by atoms with Crippen LogP contribution < -0.4 is 4.89 Å². The minimum Gasteiger partial charge on any atom is -0.756 e. The smallest absolute Gasteiger partial charge is 0.306 e. The highest BCUT2D eigenvalue weighted by Crippen LogP contribution is 2.38. The van der Waals surface area contributed by atoms with Crippen LogP contribution in [0.25, 0.3) is 0 Å². The third-order valence-corrected chi connectivity index (χ3v) is 21.2. The maximum absolute atomic E-state index is 12.9. The van der Waals surface area contributed by atoms with Crippen molar-refractivity contribution in [3.63, 3.8) is 0 Å². The first-order valence-corrected chi connectivity index (χ1v) is 44.9. The van der Waals surface area contributed by atoms with Crippen LogP contribution in [0, 0.1) is 0 Å². The van der Waals surface area contributed by atoms with E-state index in [2.05, 4.69) is 26.0 Å². The Morgan fingerprint density at radius 2 is 0.531 bits per heavy atom. The highest BCUT2D eigenvalue weighted by atomic mass is 31.2. The summed E-state index contributed by atoms with van der Waals surface area (Å²) in [7, 11) is 1.20. The molecule has 0 heterocycles. The van der Waals surface area contributed by atoms with Crippen LogP contribution >= 0.6 is 7.82 Å². The lowest BCUT2D eigenvalue weighted by Crippen LogP contribution is -2.37. The summed E-state index contributed by atoms with van der Waals surface area (Å²) in [5.74, 6) is -0.801. The van der Waals surface area contributed by atoms with Gasteiger partial charge in [-0.05, 0) is 38.5 Å². The zero-order chi connectivity index (χ0) is 69.7. The van der Waals surface area contributed by atoms with Crippen molar-refractivity contribution in [1.82, 2.24) is 0 Å². The van der Waals surface area contributed by atoms with Gasteiger partial charge in [-0.3, -0.25) is 14.2 Å². The van der Waals surface area contributed by atoms with E-state index >= 15 is 0 Å². The number of carbonyl (C=O) groups is 2. The lowest BCUT2D eigenvalue weighted by molar-refractivity contribution is -0.870. The maximum atomic E-state index is 12.9. The van der Waals surface area contributed by atoms with Gasteiger partial charge in [0.1, 0.15) is 19.8 Å². The molecule has 572 valence electrons. The summed E-state index contributed by atoms with van der Waals surface area (Å²) in [6.45, 7) is 4.35. The van der Waals surface area contributed by atoms with E-state index in [0.717, 1.165) is 32.1 Å². The fourth-order valence-corrected chi connectivity index (χ4v) is 14.4. The van der Waals surface area contributed by atoms with Crippen LogP contribution in [0.5, 0.6) is 0 Å². The largest absolute Gasteiger partial charge is 0.756 e. The summed E-state index contributed by atoms with van der Waals surface area (Å²) in [4.78, 5) is 38.2. The molecule has 0 saturated heterocycles. The van der Waals surface area contributed by atoms with Gasteiger partial charge in [0.25, 0.3) is 7.82 Å². The molecule has 0 aromatic heterocycles. The third kappa shape index (κ3) is 81.7. The first-order valence-electron chi connectivity index (χ1n) is 43.4. The third-order valence-electron chi connectivity index (χ3n) is 20.3. The van der Waals surface area contributed by atoms with Crippen molar-refractivity contribution in [3.8, 4) is 0 Å². The molecule has 0 aromatic carbocycles. The lowest BCUT2D eigenvalue weighted by Gasteiger charge is -2.28. The Bertz CT molecular complexity index is 1620. The molecule has 0 spiro atoms. The summed E-state index contributed by atoms with van der Waals surface area (Å²) in [5, 5.41) is 0. The number of phosphoric acid groups is 1. The molecule has 9 nitrogen and oxygen atoms in total. The predicted octanol–water partition coefficient (Wildman–Crippen LogP) is 28.3.